The number of amides is 3. The van der Waals surface area contributed by atoms with Gasteiger partial charge in [0.05, 0.1) is 0 Å². The number of furan rings is 1. The van der Waals surface area contributed by atoms with E-state index < -0.39 is 0 Å². The molecule has 26 heavy (non-hydrogen) atoms. The number of carbonyl (C=O) groups excluding carboxylic acids is 2. The molecule has 0 atom stereocenters. The van der Waals surface area contributed by atoms with Crippen LogP contribution < -0.4 is 5.32 Å². The molecule has 0 bridgehead atoms. The van der Waals surface area contributed by atoms with Crippen LogP contribution in [-0.2, 0) is 11.2 Å². The van der Waals surface area contributed by atoms with E-state index in [1.54, 1.807) is 4.90 Å². The van der Waals surface area contributed by atoms with Crippen LogP contribution >= 0.6 is 0 Å². The summed E-state index contributed by atoms with van der Waals surface area (Å²) in [6.07, 6.45) is 1.01. The lowest BCUT2D eigenvalue weighted by molar-refractivity contribution is -0.132. The first-order chi connectivity index (χ1) is 12.7. The van der Waals surface area contributed by atoms with E-state index >= 15 is 0 Å². The molecule has 6 heteroatoms. The Kier molecular flexibility index (Phi) is 5.94. The molecule has 0 saturated carbocycles. The van der Waals surface area contributed by atoms with E-state index in [1.807, 2.05) is 54.3 Å². The van der Waals surface area contributed by atoms with Crippen molar-refractivity contribution in [2.75, 3.05) is 32.7 Å². The van der Waals surface area contributed by atoms with Gasteiger partial charge in [0.25, 0.3) is 0 Å². The van der Waals surface area contributed by atoms with Crippen molar-refractivity contribution in [3.8, 4) is 11.3 Å². The molecular formula is C20H25N3O3. The standard InChI is InChI=1S/C20H25N3O3/c1-2-21-20(25)23-14-12-22(13-15-23)19(24)11-9-17-8-10-18(26-17)16-6-4-3-5-7-16/h3-8,10H,2,9,11-15H2,1H3,(H,21,25). The third-order valence-corrected chi connectivity index (χ3v) is 4.55. The van der Waals surface area contributed by atoms with E-state index in [1.165, 1.54) is 0 Å². The fourth-order valence-electron chi connectivity index (χ4n) is 3.08. The monoisotopic (exact) mass is 355 g/mol. The SMILES string of the molecule is CCNC(=O)N1CCN(C(=O)CCc2ccc(-c3ccccc3)o2)CC1. The summed E-state index contributed by atoms with van der Waals surface area (Å²) in [6.45, 7) is 4.85. The van der Waals surface area contributed by atoms with Crippen LogP contribution in [0, 0.1) is 0 Å². The molecule has 0 spiro atoms. The predicted octanol–water partition coefficient (Wildman–Crippen LogP) is 2.75. The van der Waals surface area contributed by atoms with Gasteiger partial charge in [-0.2, -0.15) is 0 Å². The van der Waals surface area contributed by atoms with Gasteiger partial charge in [-0.25, -0.2) is 4.79 Å². The van der Waals surface area contributed by atoms with Gasteiger partial charge in [0.1, 0.15) is 11.5 Å². The summed E-state index contributed by atoms with van der Waals surface area (Å²) in [6, 6.07) is 13.7. The summed E-state index contributed by atoms with van der Waals surface area (Å²) in [5, 5.41) is 2.79. The fourth-order valence-corrected chi connectivity index (χ4v) is 3.08. The number of nitrogens with zero attached hydrogens (tertiary/aromatic N) is 2. The van der Waals surface area contributed by atoms with Crippen molar-refractivity contribution < 1.29 is 14.0 Å². The minimum atomic E-state index is -0.0522. The van der Waals surface area contributed by atoms with Crippen LogP contribution in [0.3, 0.4) is 0 Å². The average Bonchev–Trinajstić information content (AvgIpc) is 3.16. The molecule has 1 aliphatic heterocycles. The number of urea groups is 1. The van der Waals surface area contributed by atoms with Gasteiger partial charge in [-0.15, -0.1) is 0 Å². The molecule has 0 radical (unpaired) electrons. The Hall–Kier alpha value is -2.76. The Morgan fingerprint density at radius 1 is 1.00 bits per heavy atom. The third kappa shape index (κ3) is 4.45. The highest BCUT2D eigenvalue weighted by atomic mass is 16.3. The molecule has 1 aromatic carbocycles. The number of carbonyl (C=O) groups is 2. The molecule has 2 heterocycles. The van der Waals surface area contributed by atoms with Gasteiger partial charge in [-0.1, -0.05) is 30.3 Å². The zero-order chi connectivity index (χ0) is 18.4. The lowest BCUT2D eigenvalue weighted by atomic mass is 10.2. The zero-order valence-corrected chi connectivity index (χ0v) is 15.1. The largest absolute Gasteiger partial charge is 0.461 e. The van der Waals surface area contributed by atoms with Crippen LogP contribution in [-0.4, -0.2) is 54.5 Å². The predicted molar refractivity (Wildman–Crippen MR) is 99.7 cm³/mol. The Bertz CT molecular complexity index is 734. The number of nitrogens with one attached hydrogen (secondary N) is 1. The molecule has 138 valence electrons. The summed E-state index contributed by atoms with van der Waals surface area (Å²) in [5.41, 5.74) is 1.03. The van der Waals surface area contributed by atoms with Crippen LogP contribution in [0.15, 0.2) is 46.9 Å². The molecule has 3 rings (SSSR count). The molecule has 1 aliphatic rings. The van der Waals surface area contributed by atoms with Crippen LogP contribution in [0.1, 0.15) is 19.1 Å². The molecule has 3 amide bonds. The highest BCUT2D eigenvalue weighted by Gasteiger charge is 2.23. The maximum absolute atomic E-state index is 12.4. The number of benzene rings is 1. The number of hydrogen-bond acceptors (Lipinski definition) is 3. The Labute approximate surface area is 153 Å². The first-order valence-electron chi connectivity index (χ1n) is 9.12. The van der Waals surface area contributed by atoms with E-state index in [0.717, 1.165) is 17.1 Å². The second-order valence-corrected chi connectivity index (χ2v) is 6.34. The van der Waals surface area contributed by atoms with Crippen LogP contribution in [0.2, 0.25) is 0 Å². The molecule has 0 unspecified atom stereocenters. The van der Waals surface area contributed by atoms with Crippen molar-refractivity contribution in [1.29, 1.82) is 0 Å². The molecular weight excluding hydrogens is 330 g/mol. The molecule has 2 aromatic rings. The third-order valence-electron chi connectivity index (χ3n) is 4.55. The first-order valence-corrected chi connectivity index (χ1v) is 9.12. The zero-order valence-electron chi connectivity index (χ0n) is 15.1. The van der Waals surface area contributed by atoms with Gasteiger partial charge in [-0.3, -0.25) is 4.79 Å². The average molecular weight is 355 g/mol. The number of aryl methyl sites for hydroxylation is 1. The number of rotatable bonds is 5. The molecule has 1 N–H and O–H groups in total. The summed E-state index contributed by atoms with van der Waals surface area (Å²) in [4.78, 5) is 27.8. The molecule has 1 fully saturated rings. The van der Waals surface area contributed by atoms with Crippen molar-refractivity contribution in [2.24, 2.45) is 0 Å². The van der Waals surface area contributed by atoms with Gasteiger partial charge < -0.3 is 19.5 Å². The topological polar surface area (TPSA) is 65.8 Å². The minimum Gasteiger partial charge on any atom is -0.461 e. The quantitative estimate of drug-likeness (QED) is 0.897. The second-order valence-electron chi connectivity index (χ2n) is 6.34. The summed E-state index contributed by atoms with van der Waals surface area (Å²) < 4.78 is 5.85. The van der Waals surface area contributed by atoms with Crippen molar-refractivity contribution in [3.05, 3.63) is 48.2 Å². The van der Waals surface area contributed by atoms with Crippen molar-refractivity contribution >= 4 is 11.9 Å². The molecule has 1 saturated heterocycles. The molecule has 6 nitrogen and oxygen atoms in total. The fraction of sp³-hybridized carbons (Fsp3) is 0.400. The van der Waals surface area contributed by atoms with Crippen LogP contribution in [0.25, 0.3) is 11.3 Å². The maximum Gasteiger partial charge on any atom is 0.317 e. The van der Waals surface area contributed by atoms with Crippen molar-refractivity contribution in [1.82, 2.24) is 15.1 Å². The van der Waals surface area contributed by atoms with E-state index in [4.69, 9.17) is 4.42 Å². The number of piperazine rings is 1. The Balaban J connectivity index is 1.46. The normalized spacial score (nSPS) is 14.3. The maximum atomic E-state index is 12.4. The lowest BCUT2D eigenvalue weighted by Gasteiger charge is -2.34. The van der Waals surface area contributed by atoms with Gasteiger partial charge in [-0.05, 0) is 19.1 Å². The van der Waals surface area contributed by atoms with Gasteiger partial charge in [0, 0.05) is 51.1 Å². The molecule has 0 aliphatic carbocycles. The van der Waals surface area contributed by atoms with Gasteiger partial charge >= 0.3 is 6.03 Å². The first kappa shape index (κ1) is 18.0. The van der Waals surface area contributed by atoms with Crippen molar-refractivity contribution in [3.63, 3.8) is 0 Å². The minimum absolute atomic E-state index is 0.0522. The van der Waals surface area contributed by atoms with Gasteiger partial charge in [0.2, 0.25) is 5.91 Å². The second kappa shape index (κ2) is 8.56. The van der Waals surface area contributed by atoms with Crippen molar-refractivity contribution in [2.45, 2.75) is 19.8 Å². The lowest BCUT2D eigenvalue weighted by Crippen LogP contribution is -2.53. The van der Waals surface area contributed by atoms with E-state index in [0.29, 0.717) is 45.6 Å². The highest BCUT2D eigenvalue weighted by Crippen LogP contribution is 2.22. The highest BCUT2D eigenvalue weighted by molar-refractivity contribution is 5.78. The number of hydrogen-bond donors (Lipinski definition) is 1. The summed E-state index contributed by atoms with van der Waals surface area (Å²) in [5.74, 6) is 1.75. The van der Waals surface area contributed by atoms with Gasteiger partial charge in [0.15, 0.2) is 0 Å². The smallest absolute Gasteiger partial charge is 0.317 e. The Morgan fingerprint density at radius 2 is 1.69 bits per heavy atom. The van der Waals surface area contributed by atoms with Crippen LogP contribution in [0.4, 0.5) is 4.79 Å². The Morgan fingerprint density at radius 3 is 2.38 bits per heavy atom. The van der Waals surface area contributed by atoms with E-state index in [-0.39, 0.29) is 11.9 Å². The summed E-state index contributed by atoms with van der Waals surface area (Å²) in [7, 11) is 0. The van der Waals surface area contributed by atoms with Crippen LogP contribution in [0.5, 0.6) is 0 Å². The summed E-state index contributed by atoms with van der Waals surface area (Å²) >= 11 is 0. The molecule has 1 aromatic heterocycles. The van der Waals surface area contributed by atoms with E-state index in [2.05, 4.69) is 5.32 Å². The van der Waals surface area contributed by atoms with E-state index in [9.17, 15) is 9.59 Å².